The lowest BCUT2D eigenvalue weighted by molar-refractivity contribution is 0.00578. The van der Waals surface area contributed by atoms with Gasteiger partial charge in [0.15, 0.2) is 0 Å². The van der Waals surface area contributed by atoms with E-state index in [1.54, 1.807) is 0 Å². The summed E-state index contributed by atoms with van der Waals surface area (Å²) in [6, 6.07) is 8.63. The molecule has 1 unspecified atom stereocenters. The van der Waals surface area contributed by atoms with Crippen molar-refractivity contribution in [3.8, 4) is 5.75 Å². The van der Waals surface area contributed by atoms with Gasteiger partial charge < -0.3 is 18.9 Å². The second-order valence-electron chi connectivity index (χ2n) is 7.74. The summed E-state index contributed by atoms with van der Waals surface area (Å²) in [5.74, 6) is 0.908. The lowest BCUT2D eigenvalue weighted by atomic mass is 9.79. The molecule has 0 saturated carbocycles. The molecule has 0 amide bonds. The average Bonchev–Trinajstić information content (AvgIpc) is 2.98. The predicted molar refractivity (Wildman–Crippen MR) is 93.3 cm³/mol. The fourth-order valence-electron chi connectivity index (χ4n) is 3.08. The molecule has 126 valence electrons. The van der Waals surface area contributed by atoms with Crippen LogP contribution in [0.25, 0.3) is 0 Å². The number of likely N-dealkylation sites (N-methyl/N-ethyl adjacent to an activating group) is 1. The standard InChI is InChI=1S/C18H28BNO3/c1-17(2)18(3,4)23-19(22-17)14-8-10-16(11-9-14)21-13-15-7-6-12-20(15)5/h8-11,15H,6-7,12-13H2,1-5H3. The Labute approximate surface area is 140 Å². The molecule has 0 bridgehead atoms. The highest BCUT2D eigenvalue weighted by molar-refractivity contribution is 6.62. The summed E-state index contributed by atoms with van der Waals surface area (Å²) in [5, 5.41) is 0. The molecule has 4 nitrogen and oxygen atoms in total. The maximum Gasteiger partial charge on any atom is 0.494 e. The quantitative estimate of drug-likeness (QED) is 0.798. The maximum atomic E-state index is 6.08. The third-order valence-electron chi connectivity index (χ3n) is 5.52. The second-order valence-corrected chi connectivity index (χ2v) is 7.74. The molecule has 0 radical (unpaired) electrons. The number of benzene rings is 1. The van der Waals surface area contributed by atoms with E-state index < -0.39 is 0 Å². The first-order chi connectivity index (χ1) is 10.8. The van der Waals surface area contributed by atoms with Gasteiger partial charge in [0.05, 0.1) is 11.2 Å². The minimum absolute atomic E-state index is 0.306. The predicted octanol–water partition coefficient (Wildman–Crippen LogP) is 2.46. The van der Waals surface area contributed by atoms with Gasteiger partial charge in [-0.3, -0.25) is 0 Å². The van der Waals surface area contributed by atoms with E-state index in [4.69, 9.17) is 14.0 Å². The van der Waals surface area contributed by atoms with Crippen LogP contribution in [0.3, 0.4) is 0 Å². The van der Waals surface area contributed by atoms with Crippen LogP contribution in [0.15, 0.2) is 24.3 Å². The second kappa shape index (κ2) is 6.12. The summed E-state index contributed by atoms with van der Waals surface area (Å²) in [6.45, 7) is 10.2. The fraction of sp³-hybridized carbons (Fsp3) is 0.667. The number of ether oxygens (including phenoxy) is 1. The van der Waals surface area contributed by atoms with Crippen molar-refractivity contribution < 1.29 is 14.0 Å². The van der Waals surface area contributed by atoms with E-state index in [0.29, 0.717) is 6.04 Å². The number of likely N-dealkylation sites (tertiary alicyclic amines) is 1. The molecule has 23 heavy (non-hydrogen) atoms. The molecule has 2 heterocycles. The van der Waals surface area contributed by atoms with Crippen LogP contribution in [0.5, 0.6) is 5.75 Å². The van der Waals surface area contributed by atoms with Crippen LogP contribution >= 0.6 is 0 Å². The Bertz CT molecular complexity index is 528. The zero-order valence-corrected chi connectivity index (χ0v) is 15.0. The van der Waals surface area contributed by atoms with Crippen LogP contribution < -0.4 is 10.2 Å². The summed E-state index contributed by atoms with van der Waals surface area (Å²) in [5.41, 5.74) is 0.425. The van der Waals surface area contributed by atoms with Crippen molar-refractivity contribution >= 4 is 12.6 Å². The first kappa shape index (κ1) is 16.8. The monoisotopic (exact) mass is 317 g/mol. The third-order valence-corrected chi connectivity index (χ3v) is 5.52. The summed E-state index contributed by atoms with van der Waals surface area (Å²) >= 11 is 0. The van der Waals surface area contributed by atoms with Crippen LogP contribution in [0.1, 0.15) is 40.5 Å². The minimum Gasteiger partial charge on any atom is -0.492 e. The van der Waals surface area contributed by atoms with Crippen LogP contribution in [0, 0.1) is 0 Å². The lowest BCUT2D eigenvalue weighted by Crippen LogP contribution is -2.41. The molecule has 0 spiro atoms. The number of hydrogen-bond donors (Lipinski definition) is 0. The zero-order valence-electron chi connectivity index (χ0n) is 15.0. The van der Waals surface area contributed by atoms with E-state index in [0.717, 1.165) is 17.8 Å². The van der Waals surface area contributed by atoms with Crippen molar-refractivity contribution in [2.45, 2.75) is 57.8 Å². The Morgan fingerprint density at radius 1 is 1.13 bits per heavy atom. The molecule has 0 aliphatic carbocycles. The smallest absolute Gasteiger partial charge is 0.492 e. The van der Waals surface area contributed by atoms with Gasteiger partial charge in [-0.1, -0.05) is 12.1 Å². The summed E-state index contributed by atoms with van der Waals surface area (Å²) in [7, 11) is 1.86. The summed E-state index contributed by atoms with van der Waals surface area (Å²) in [4.78, 5) is 2.37. The topological polar surface area (TPSA) is 30.9 Å². The van der Waals surface area contributed by atoms with Crippen molar-refractivity contribution in [2.75, 3.05) is 20.2 Å². The van der Waals surface area contributed by atoms with E-state index in [2.05, 4.69) is 39.6 Å². The molecule has 2 aliphatic rings. The van der Waals surface area contributed by atoms with Gasteiger partial charge in [-0.15, -0.1) is 0 Å². The van der Waals surface area contributed by atoms with Gasteiger partial charge in [0, 0.05) is 6.04 Å². The van der Waals surface area contributed by atoms with Gasteiger partial charge in [0.2, 0.25) is 0 Å². The SMILES string of the molecule is CN1CCCC1COc1ccc(B2OC(C)(C)C(C)(C)O2)cc1. The molecule has 5 heteroatoms. The van der Waals surface area contributed by atoms with E-state index in [1.807, 2.05) is 24.3 Å². The van der Waals surface area contributed by atoms with Crippen molar-refractivity contribution in [2.24, 2.45) is 0 Å². The van der Waals surface area contributed by atoms with Crippen LogP contribution in [-0.4, -0.2) is 49.5 Å². The van der Waals surface area contributed by atoms with Gasteiger partial charge in [-0.05, 0) is 71.7 Å². The van der Waals surface area contributed by atoms with E-state index in [1.165, 1.54) is 19.4 Å². The molecule has 0 N–H and O–H groups in total. The first-order valence-corrected chi connectivity index (χ1v) is 8.57. The van der Waals surface area contributed by atoms with E-state index in [9.17, 15) is 0 Å². The Balaban J connectivity index is 1.59. The maximum absolute atomic E-state index is 6.08. The lowest BCUT2D eigenvalue weighted by Gasteiger charge is -2.32. The molecule has 2 aliphatic heterocycles. The molecule has 3 rings (SSSR count). The summed E-state index contributed by atoms with van der Waals surface area (Å²) < 4.78 is 18.1. The zero-order chi connectivity index (χ0) is 16.7. The highest BCUT2D eigenvalue weighted by Crippen LogP contribution is 2.36. The highest BCUT2D eigenvalue weighted by Gasteiger charge is 2.51. The largest absolute Gasteiger partial charge is 0.494 e. The first-order valence-electron chi connectivity index (χ1n) is 8.57. The number of hydrogen-bond acceptors (Lipinski definition) is 4. The van der Waals surface area contributed by atoms with Gasteiger partial charge >= 0.3 is 7.12 Å². The average molecular weight is 317 g/mol. The molecule has 0 aromatic heterocycles. The van der Waals surface area contributed by atoms with Crippen LogP contribution in [0.4, 0.5) is 0 Å². The molecular weight excluding hydrogens is 289 g/mol. The summed E-state index contributed by atoms with van der Waals surface area (Å²) in [6.07, 6.45) is 2.49. The van der Waals surface area contributed by atoms with E-state index in [-0.39, 0.29) is 18.3 Å². The molecule has 2 fully saturated rings. The van der Waals surface area contributed by atoms with Gasteiger partial charge in [-0.2, -0.15) is 0 Å². The van der Waals surface area contributed by atoms with Crippen molar-refractivity contribution in [1.29, 1.82) is 0 Å². The van der Waals surface area contributed by atoms with Crippen molar-refractivity contribution in [3.63, 3.8) is 0 Å². The van der Waals surface area contributed by atoms with Gasteiger partial charge in [-0.25, -0.2) is 0 Å². The van der Waals surface area contributed by atoms with Gasteiger partial charge in [0.25, 0.3) is 0 Å². The highest BCUT2D eigenvalue weighted by atomic mass is 16.7. The Kier molecular flexibility index (Phi) is 4.47. The molecule has 2 saturated heterocycles. The van der Waals surface area contributed by atoms with Crippen LogP contribution in [0.2, 0.25) is 0 Å². The molecule has 1 aromatic rings. The van der Waals surface area contributed by atoms with Crippen molar-refractivity contribution in [1.82, 2.24) is 4.90 Å². The van der Waals surface area contributed by atoms with Gasteiger partial charge in [0.1, 0.15) is 12.4 Å². The number of rotatable bonds is 4. The molecular formula is C18H28BNO3. The molecule has 1 atom stereocenters. The third kappa shape index (κ3) is 3.42. The minimum atomic E-state index is -0.310. The fourth-order valence-corrected chi connectivity index (χ4v) is 3.08. The van der Waals surface area contributed by atoms with Crippen molar-refractivity contribution in [3.05, 3.63) is 24.3 Å². The molecule has 1 aromatic carbocycles. The Morgan fingerprint density at radius 3 is 2.26 bits per heavy atom. The Hall–Kier alpha value is -1.04. The normalized spacial score (nSPS) is 26.7. The Morgan fingerprint density at radius 2 is 1.74 bits per heavy atom. The van der Waals surface area contributed by atoms with Crippen LogP contribution in [-0.2, 0) is 9.31 Å². The number of nitrogens with zero attached hydrogens (tertiary/aromatic N) is 1. The van der Waals surface area contributed by atoms with E-state index >= 15 is 0 Å².